The highest BCUT2D eigenvalue weighted by molar-refractivity contribution is 5.71. The predicted octanol–water partition coefficient (Wildman–Crippen LogP) is 0.0888. The standard InChI is InChI=1S/2C8H16O4.C8H14O3/c1-5(2)7(10)3-6(9)4-8(11)12;1-2-3-6(9)4-7(10)5-8(11)12;1-5(2)7-3-6(9)4-8(10)11-7/h5-7,9-10H,3-4H2,1-2H3,(H,11,12);6-7,9-10H,2-5H2,1H3,(H,11,12);5-7,9H,3-4H2,1-2H3/t6-,7?;6?,7-;6-,7?/m111/s1. The summed E-state index contributed by atoms with van der Waals surface area (Å²) in [6.07, 6.45) is -2.07. The van der Waals surface area contributed by atoms with E-state index in [1.165, 1.54) is 0 Å². The van der Waals surface area contributed by atoms with Gasteiger partial charge in [-0.1, -0.05) is 41.0 Å². The highest BCUT2D eigenvalue weighted by Gasteiger charge is 2.28. The molecule has 3 unspecified atom stereocenters. The second-order valence-electron chi connectivity index (χ2n) is 9.57. The minimum Gasteiger partial charge on any atom is -0.550 e. The van der Waals surface area contributed by atoms with Gasteiger partial charge in [-0.3, -0.25) is 9.59 Å². The van der Waals surface area contributed by atoms with Crippen molar-refractivity contribution in [3.05, 3.63) is 0 Å². The molecule has 1 saturated heterocycles. The quantitative estimate of drug-likeness (QED) is 0.194. The molecule has 0 bridgehead atoms. The number of ether oxygens (including phenoxy) is 1. The number of aliphatic hydroxyl groups is 5. The number of rotatable bonds is 12. The molecule has 0 radical (unpaired) electrons. The molecule has 0 aliphatic carbocycles. The number of aliphatic hydroxyl groups excluding tert-OH is 5. The van der Waals surface area contributed by atoms with Crippen LogP contribution in [0, 0.1) is 11.8 Å². The van der Waals surface area contributed by atoms with Gasteiger partial charge in [-0.2, -0.15) is 0 Å². The van der Waals surface area contributed by atoms with Crippen LogP contribution in [-0.2, 0) is 19.1 Å². The lowest BCUT2D eigenvalue weighted by atomic mass is 9.97. The summed E-state index contributed by atoms with van der Waals surface area (Å²) in [7, 11) is 0. The number of carboxylic acid groups (broad SMARTS) is 2. The van der Waals surface area contributed by atoms with E-state index in [0.29, 0.717) is 18.8 Å². The molecule has 0 aromatic rings. The van der Waals surface area contributed by atoms with Gasteiger partial charge in [0, 0.05) is 25.2 Å². The summed E-state index contributed by atoms with van der Waals surface area (Å²) in [5.41, 5.74) is 0. The van der Waals surface area contributed by atoms with Crippen molar-refractivity contribution in [1.82, 2.24) is 0 Å². The van der Waals surface area contributed by atoms with Crippen LogP contribution in [0.15, 0.2) is 0 Å². The van der Waals surface area contributed by atoms with Crippen molar-refractivity contribution in [3.8, 4) is 0 Å². The van der Waals surface area contributed by atoms with E-state index in [1.807, 2.05) is 34.6 Å². The zero-order valence-electron chi connectivity index (χ0n) is 22.5. The third-order valence-electron chi connectivity index (χ3n) is 5.19. The molecule has 11 heteroatoms. The molecule has 11 nitrogen and oxygen atoms in total. The number of hydrogen-bond donors (Lipinski definition) is 6. The summed E-state index contributed by atoms with van der Waals surface area (Å²) in [5.74, 6) is -2.26. The van der Waals surface area contributed by atoms with Gasteiger partial charge in [-0.05, 0) is 24.7 Å². The lowest BCUT2D eigenvalue weighted by molar-refractivity contribution is -0.307. The van der Waals surface area contributed by atoms with E-state index in [4.69, 9.17) is 25.2 Å². The number of cyclic esters (lactones) is 1. The largest absolute Gasteiger partial charge is 1.00 e. The Morgan fingerprint density at radius 3 is 1.97 bits per heavy atom. The van der Waals surface area contributed by atoms with Gasteiger partial charge in [-0.15, -0.1) is 0 Å². The second kappa shape index (κ2) is 19.4. The van der Waals surface area contributed by atoms with Crippen molar-refractivity contribution in [3.63, 3.8) is 0 Å². The summed E-state index contributed by atoms with van der Waals surface area (Å²) in [6.45, 7) is 9.51. The monoisotopic (exact) mass is 510 g/mol. The highest BCUT2D eigenvalue weighted by Crippen LogP contribution is 2.20. The van der Waals surface area contributed by atoms with Crippen molar-refractivity contribution in [2.45, 2.75) is 123 Å². The molecular formula is C24H46O11. The Hall–Kier alpha value is -1.79. The lowest BCUT2D eigenvalue weighted by Crippen LogP contribution is -2.35. The number of aliphatic carboxylic acids is 2. The summed E-state index contributed by atoms with van der Waals surface area (Å²) in [4.78, 5) is 30.9. The third-order valence-corrected chi connectivity index (χ3v) is 5.19. The van der Waals surface area contributed by atoms with Crippen LogP contribution in [0.1, 0.15) is 87.4 Å². The fraction of sp³-hybridized carbons (Fsp3) is 0.875. The van der Waals surface area contributed by atoms with Crippen LogP contribution in [0.5, 0.6) is 0 Å². The second-order valence-corrected chi connectivity index (χ2v) is 9.57. The Balaban J connectivity index is -0.000000448. The normalized spacial score (nSPS) is 21.0. The molecule has 35 heavy (non-hydrogen) atoms. The summed E-state index contributed by atoms with van der Waals surface area (Å²) in [6, 6.07) is 0. The van der Waals surface area contributed by atoms with Crippen molar-refractivity contribution < 1.29 is 56.3 Å². The van der Waals surface area contributed by atoms with Crippen molar-refractivity contribution in [2.75, 3.05) is 0 Å². The first-order valence-electron chi connectivity index (χ1n) is 12.1. The molecule has 1 fully saturated rings. The average Bonchev–Trinajstić information content (AvgIpc) is 2.66. The molecule has 6 N–H and O–H groups in total. The Morgan fingerprint density at radius 1 is 1.03 bits per heavy atom. The maximum absolute atomic E-state index is 10.8. The molecule has 0 amide bonds. The Labute approximate surface area is 209 Å². The fourth-order valence-electron chi connectivity index (χ4n) is 3.09. The molecular weight excluding hydrogens is 464 g/mol. The van der Waals surface area contributed by atoms with E-state index >= 15 is 0 Å². The zero-order chi connectivity index (χ0) is 27.7. The minimum atomic E-state index is -1.29. The highest BCUT2D eigenvalue weighted by atomic mass is 16.5. The van der Waals surface area contributed by atoms with Crippen LogP contribution < -0.4 is 5.11 Å². The van der Waals surface area contributed by atoms with Crippen molar-refractivity contribution in [2.24, 2.45) is 11.8 Å². The van der Waals surface area contributed by atoms with Gasteiger partial charge in [0.15, 0.2) is 0 Å². The first kappa shape index (κ1) is 35.4. The van der Waals surface area contributed by atoms with Crippen LogP contribution in [0.4, 0.5) is 0 Å². The van der Waals surface area contributed by atoms with E-state index in [1.54, 1.807) is 0 Å². The van der Waals surface area contributed by atoms with Crippen LogP contribution in [0.3, 0.4) is 0 Å². The fourth-order valence-corrected chi connectivity index (χ4v) is 3.09. The Bertz CT molecular complexity index is 601. The van der Waals surface area contributed by atoms with Gasteiger partial charge in [-0.25, -0.2) is 0 Å². The van der Waals surface area contributed by atoms with Gasteiger partial charge in [0.05, 0.1) is 43.4 Å². The van der Waals surface area contributed by atoms with E-state index < -0.39 is 48.9 Å². The van der Waals surface area contributed by atoms with Crippen LogP contribution in [0.2, 0.25) is 0 Å². The van der Waals surface area contributed by atoms with Crippen LogP contribution in [0.25, 0.3) is 0 Å². The number of esters is 1. The van der Waals surface area contributed by atoms with E-state index in [9.17, 15) is 29.7 Å². The first-order chi connectivity index (χ1) is 16.1. The molecule has 1 aliphatic heterocycles. The molecule has 0 aromatic heterocycles. The van der Waals surface area contributed by atoms with Crippen molar-refractivity contribution >= 4 is 17.9 Å². The van der Waals surface area contributed by atoms with Gasteiger partial charge in [0.2, 0.25) is 0 Å². The average molecular weight is 511 g/mol. The van der Waals surface area contributed by atoms with Crippen LogP contribution in [-0.4, -0.2) is 85.2 Å². The molecule has 208 valence electrons. The van der Waals surface area contributed by atoms with Crippen LogP contribution >= 0.6 is 0 Å². The predicted molar refractivity (Wildman–Crippen MR) is 126 cm³/mol. The summed E-state index contributed by atoms with van der Waals surface area (Å²) < 4.78 is 5.02. The maximum atomic E-state index is 10.8. The summed E-state index contributed by atoms with van der Waals surface area (Å²) >= 11 is 0. The number of carbonyl (C=O) groups excluding carboxylic acids is 2. The van der Waals surface area contributed by atoms with Gasteiger partial charge in [0.1, 0.15) is 6.10 Å². The smallest absolute Gasteiger partial charge is 0.550 e. The molecule has 0 saturated carbocycles. The van der Waals surface area contributed by atoms with Gasteiger partial charge < -0.3 is 45.3 Å². The summed E-state index contributed by atoms with van der Waals surface area (Å²) in [5, 5.41) is 64.0. The first-order valence-corrected chi connectivity index (χ1v) is 12.1. The topological polar surface area (TPSA) is 205 Å². The zero-order valence-corrected chi connectivity index (χ0v) is 21.5. The molecule has 1 heterocycles. The third kappa shape index (κ3) is 21.2. The number of carboxylic acids is 2. The number of carbonyl (C=O) groups is 3. The van der Waals surface area contributed by atoms with E-state index in [2.05, 4.69) is 0 Å². The van der Waals surface area contributed by atoms with Gasteiger partial charge >= 0.3 is 13.4 Å². The number of hydrogen-bond acceptors (Lipinski definition) is 10. The Kier molecular flexibility index (Phi) is 19.6. The Morgan fingerprint density at radius 2 is 1.57 bits per heavy atom. The molecule has 1 rings (SSSR count). The van der Waals surface area contributed by atoms with Gasteiger partial charge in [0.25, 0.3) is 0 Å². The SMILES string of the molecule is CC(C)C(O)C[C@@H](O)CC(=O)O.CC(C)C1C[C@@H](O)CC(=O)O1.CCCC(O)C[C@@H](O)CC(=O)[O-].[H+]. The molecule has 0 aromatic carbocycles. The molecule has 6 atom stereocenters. The lowest BCUT2D eigenvalue weighted by Gasteiger charge is -2.28. The van der Waals surface area contributed by atoms with Crippen molar-refractivity contribution in [1.29, 1.82) is 0 Å². The maximum Gasteiger partial charge on any atom is 1.00 e. The van der Waals surface area contributed by atoms with E-state index in [0.717, 1.165) is 6.42 Å². The minimum absolute atomic E-state index is 0. The molecule has 1 aliphatic rings. The van der Waals surface area contributed by atoms with E-state index in [-0.39, 0.29) is 45.1 Å². The molecule has 0 spiro atoms.